The minimum Gasteiger partial charge on any atom is -0.297 e. The van der Waals surface area contributed by atoms with Crippen LogP contribution in [-0.4, -0.2) is 10.1 Å². The van der Waals surface area contributed by atoms with Gasteiger partial charge in [-0.3, -0.25) is 4.79 Å². The molecule has 1 unspecified atom stereocenters. The van der Waals surface area contributed by atoms with Crippen LogP contribution in [0, 0.1) is 11.3 Å². The van der Waals surface area contributed by atoms with Gasteiger partial charge < -0.3 is 0 Å². The molecule has 1 aliphatic carbocycles. The maximum absolute atomic E-state index is 11.1. The number of nitrogens with zero attached hydrogens (tertiary/aromatic N) is 1. The SMILES string of the molecule is N#CC1(Br)CCCCC1=O. The maximum atomic E-state index is 11.1. The Morgan fingerprint density at radius 2 is 2.30 bits per heavy atom. The average Bonchev–Trinajstić information content (AvgIpc) is 1.96. The van der Waals surface area contributed by atoms with Crippen molar-refractivity contribution in [1.29, 1.82) is 5.26 Å². The van der Waals surface area contributed by atoms with Crippen molar-refractivity contribution < 1.29 is 4.79 Å². The highest BCUT2D eigenvalue weighted by atomic mass is 79.9. The number of carbonyl (C=O) groups excluding carboxylic acids is 1. The van der Waals surface area contributed by atoms with Crippen LogP contribution < -0.4 is 0 Å². The number of hydrogen-bond donors (Lipinski definition) is 0. The minimum absolute atomic E-state index is 0.0428. The molecule has 0 aromatic carbocycles. The molecule has 0 aliphatic heterocycles. The fraction of sp³-hybridized carbons (Fsp3) is 0.714. The van der Waals surface area contributed by atoms with Gasteiger partial charge in [-0.05, 0) is 12.8 Å². The Morgan fingerprint density at radius 1 is 1.60 bits per heavy atom. The molecule has 0 aromatic heterocycles. The second kappa shape index (κ2) is 2.71. The average molecular weight is 202 g/mol. The third-order valence-corrected chi connectivity index (χ3v) is 2.81. The van der Waals surface area contributed by atoms with Gasteiger partial charge in [-0.2, -0.15) is 5.26 Å². The number of nitriles is 1. The van der Waals surface area contributed by atoms with Crippen molar-refractivity contribution in [1.82, 2.24) is 0 Å². The van der Waals surface area contributed by atoms with Crippen LogP contribution in [0.2, 0.25) is 0 Å². The Hall–Kier alpha value is -0.360. The van der Waals surface area contributed by atoms with E-state index in [9.17, 15) is 4.79 Å². The number of rotatable bonds is 0. The molecule has 2 nitrogen and oxygen atoms in total. The highest BCUT2D eigenvalue weighted by Crippen LogP contribution is 2.31. The zero-order chi connectivity index (χ0) is 7.61. The van der Waals surface area contributed by atoms with Crippen LogP contribution in [0.5, 0.6) is 0 Å². The van der Waals surface area contributed by atoms with E-state index in [0.29, 0.717) is 12.8 Å². The highest BCUT2D eigenvalue weighted by Gasteiger charge is 2.36. The van der Waals surface area contributed by atoms with Crippen molar-refractivity contribution in [2.45, 2.75) is 30.0 Å². The first-order chi connectivity index (χ1) is 4.69. The molecular formula is C7H8BrNO. The Bertz CT molecular complexity index is 196. The second-order valence-electron chi connectivity index (χ2n) is 2.54. The normalized spacial score (nSPS) is 33.4. The summed E-state index contributed by atoms with van der Waals surface area (Å²) in [5.41, 5.74) is 0. The predicted octanol–water partition coefficient (Wildman–Crippen LogP) is 1.79. The lowest BCUT2D eigenvalue weighted by Crippen LogP contribution is -2.33. The van der Waals surface area contributed by atoms with E-state index < -0.39 is 4.32 Å². The summed E-state index contributed by atoms with van der Waals surface area (Å²) in [7, 11) is 0. The Labute approximate surface area is 68.3 Å². The first kappa shape index (κ1) is 7.74. The van der Waals surface area contributed by atoms with E-state index >= 15 is 0 Å². The van der Waals surface area contributed by atoms with Crippen LogP contribution >= 0.6 is 15.9 Å². The van der Waals surface area contributed by atoms with Crippen LogP contribution in [0.1, 0.15) is 25.7 Å². The molecule has 0 aromatic rings. The topological polar surface area (TPSA) is 40.9 Å². The van der Waals surface area contributed by atoms with Gasteiger partial charge in [0.15, 0.2) is 10.1 Å². The van der Waals surface area contributed by atoms with Gasteiger partial charge >= 0.3 is 0 Å². The van der Waals surface area contributed by atoms with Gasteiger partial charge in [0.1, 0.15) is 0 Å². The van der Waals surface area contributed by atoms with Crippen molar-refractivity contribution in [3.63, 3.8) is 0 Å². The number of hydrogen-bond acceptors (Lipinski definition) is 2. The molecule has 0 spiro atoms. The van der Waals surface area contributed by atoms with Crippen molar-refractivity contribution in [3.8, 4) is 6.07 Å². The van der Waals surface area contributed by atoms with Crippen LogP contribution in [-0.2, 0) is 4.79 Å². The van der Waals surface area contributed by atoms with Gasteiger partial charge in [-0.1, -0.05) is 22.4 Å². The zero-order valence-corrected chi connectivity index (χ0v) is 7.15. The van der Waals surface area contributed by atoms with Gasteiger partial charge in [-0.15, -0.1) is 0 Å². The Morgan fingerprint density at radius 3 is 2.70 bits per heavy atom. The second-order valence-corrected chi connectivity index (χ2v) is 3.90. The molecule has 0 saturated heterocycles. The number of alkyl halides is 1. The summed E-state index contributed by atoms with van der Waals surface area (Å²) in [6.45, 7) is 0. The van der Waals surface area contributed by atoms with Gasteiger partial charge in [0.25, 0.3) is 0 Å². The van der Waals surface area contributed by atoms with Crippen LogP contribution in [0.25, 0.3) is 0 Å². The first-order valence-electron chi connectivity index (χ1n) is 3.32. The predicted molar refractivity (Wildman–Crippen MR) is 40.7 cm³/mol. The van der Waals surface area contributed by atoms with E-state index in [0.717, 1.165) is 12.8 Å². The smallest absolute Gasteiger partial charge is 0.170 e. The van der Waals surface area contributed by atoms with Gasteiger partial charge in [0.05, 0.1) is 6.07 Å². The van der Waals surface area contributed by atoms with E-state index in [1.165, 1.54) is 0 Å². The van der Waals surface area contributed by atoms with Gasteiger partial charge in [0.2, 0.25) is 0 Å². The Kier molecular flexibility index (Phi) is 2.10. The Balaban J connectivity index is 2.75. The van der Waals surface area contributed by atoms with Crippen LogP contribution in [0.3, 0.4) is 0 Å². The summed E-state index contributed by atoms with van der Waals surface area (Å²) in [5, 5.41) is 8.60. The van der Waals surface area contributed by atoms with Crippen molar-refractivity contribution >= 4 is 21.7 Å². The molecule has 10 heavy (non-hydrogen) atoms. The van der Waals surface area contributed by atoms with E-state index in [4.69, 9.17) is 5.26 Å². The lowest BCUT2D eigenvalue weighted by molar-refractivity contribution is -0.121. The molecule has 1 rings (SSSR count). The summed E-state index contributed by atoms with van der Waals surface area (Å²) in [6.07, 6.45) is 3.14. The van der Waals surface area contributed by atoms with Crippen LogP contribution in [0.15, 0.2) is 0 Å². The van der Waals surface area contributed by atoms with E-state index in [1.54, 1.807) is 0 Å². The van der Waals surface area contributed by atoms with Gasteiger partial charge in [0, 0.05) is 6.42 Å². The van der Waals surface area contributed by atoms with Crippen molar-refractivity contribution in [2.75, 3.05) is 0 Å². The fourth-order valence-electron chi connectivity index (χ4n) is 1.11. The van der Waals surface area contributed by atoms with E-state index in [2.05, 4.69) is 15.9 Å². The zero-order valence-electron chi connectivity index (χ0n) is 5.56. The molecule has 3 heteroatoms. The summed E-state index contributed by atoms with van der Waals surface area (Å²) < 4.78 is -0.842. The largest absolute Gasteiger partial charge is 0.297 e. The third-order valence-electron chi connectivity index (χ3n) is 1.79. The lowest BCUT2D eigenvalue weighted by Gasteiger charge is -2.22. The molecule has 0 heterocycles. The summed E-state index contributed by atoms with van der Waals surface area (Å²) in [5.74, 6) is 0.0428. The molecule has 1 aliphatic rings. The number of carbonyl (C=O) groups is 1. The molecule has 0 amide bonds. The van der Waals surface area contributed by atoms with E-state index in [1.807, 2.05) is 6.07 Å². The third kappa shape index (κ3) is 1.22. The van der Waals surface area contributed by atoms with Crippen molar-refractivity contribution in [3.05, 3.63) is 0 Å². The van der Waals surface area contributed by atoms with Crippen molar-refractivity contribution in [2.24, 2.45) is 0 Å². The lowest BCUT2D eigenvalue weighted by atomic mass is 9.89. The molecule has 0 bridgehead atoms. The number of Topliss-reactive ketones (excluding diaryl/α,β-unsaturated/α-hetero) is 1. The monoisotopic (exact) mass is 201 g/mol. The fourth-order valence-corrected chi connectivity index (χ4v) is 1.59. The van der Waals surface area contributed by atoms with Gasteiger partial charge in [-0.25, -0.2) is 0 Å². The summed E-state index contributed by atoms with van der Waals surface area (Å²) in [6, 6.07) is 2.00. The summed E-state index contributed by atoms with van der Waals surface area (Å²) in [4.78, 5) is 11.1. The molecule has 1 fully saturated rings. The van der Waals surface area contributed by atoms with E-state index in [-0.39, 0.29) is 5.78 Å². The standard InChI is InChI=1S/C7H8BrNO/c8-7(5-9)4-2-1-3-6(7)10/h1-4H2. The minimum atomic E-state index is -0.842. The summed E-state index contributed by atoms with van der Waals surface area (Å²) >= 11 is 3.15. The number of halogens is 1. The molecule has 0 radical (unpaired) electrons. The first-order valence-corrected chi connectivity index (χ1v) is 4.12. The molecule has 1 atom stereocenters. The molecular weight excluding hydrogens is 194 g/mol. The highest BCUT2D eigenvalue weighted by molar-refractivity contribution is 9.10. The molecule has 1 saturated carbocycles. The molecule has 54 valence electrons. The quantitative estimate of drug-likeness (QED) is 0.561. The van der Waals surface area contributed by atoms with Crippen LogP contribution in [0.4, 0.5) is 0 Å². The maximum Gasteiger partial charge on any atom is 0.170 e. The molecule has 0 N–H and O–H groups in total. The number of ketones is 1.